The summed E-state index contributed by atoms with van der Waals surface area (Å²) in [5.74, 6) is -0.247. The average Bonchev–Trinajstić information content (AvgIpc) is 3.28. The molecule has 1 aliphatic rings. The second kappa shape index (κ2) is 13.9. The summed E-state index contributed by atoms with van der Waals surface area (Å²) in [6.07, 6.45) is 1.09. The van der Waals surface area contributed by atoms with Crippen LogP contribution in [0.25, 0.3) is 11.0 Å². The summed E-state index contributed by atoms with van der Waals surface area (Å²) >= 11 is 0. The van der Waals surface area contributed by atoms with Crippen LogP contribution in [0.2, 0.25) is 0 Å². The summed E-state index contributed by atoms with van der Waals surface area (Å²) in [6, 6.07) is 10.8. The zero-order chi connectivity index (χ0) is 29.4. The molecule has 1 aliphatic heterocycles. The third-order valence-corrected chi connectivity index (χ3v) is 6.73. The molecule has 41 heavy (non-hydrogen) atoms. The fourth-order valence-corrected chi connectivity index (χ4v) is 4.60. The van der Waals surface area contributed by atoms with Crippen molar-refractivity contribution >= 4 is 34.4 Å². The van der Waals surface area contributed by atoms with Crippen LogP contribution >= 0.6 is 0 Å². The summed E-state index contributed by atoms with van der Waals surface area (Å²) < 4.78 is 22.6. The fraction of sp³-hybridized carbons (Fsp3) is 0.400. The van der Waals surface area contributed by atoms with Gasteiger partial charge in [-0.1, -0.05) is 19.1 Å². The van der Waals surface area contributed by atoms with E-state index in [0.29, 0.717) is 35.4 Å². The molecule has 3 N–H and O–H groups in total. The Balaban J connectivity index is 1.27. The Morgan fingerprint density at radius 3 is 2.37 bits per heavy atom. The van der Waals surface area contributed by atoms with E-state index in [-0.39, 0.29) is 69.7 Å². The van der Waals surface area contributed by atoms with Crippen LogP contribution in [0.4, 0.5) is 5.69 Å². The Kier molecular flexibility index (Phi) is 10.1. The Morgan fingerprint density at radius 2 is 1.68 bits per heavy atom. The predicted octanol–water partition coefficient (Wildman–Crippen LogP) is 2.74. The fourth-order valence-electron chi connectivity index (χ4n) is 4.60. The molecule has 0 bridgehead atoms. The van der Waals surface area contributed by atoms with Crippen LogP contribution in [0.1, 0.15) is 46.8 Å². The second-order valence-corrected chi connectivity index (χ2v) is 9.67. The van der Waals surface area contributed by atoms with E-state index in [2.05, 4.69) is 5.32 Å². The van der Waals surface area contributed by atoms with Crippen molar-refractivity contribution in [3.63, 3.8) is 0 Å². The number of imide groups is 1. The lowest BCUT2D eigenvalue weighted by atomic mass is 10.0. The lowest BCUT2D eigenvalue weighted by Gasteiger charge is -2.16. The van der Waals surface area contributed by atoms with Crippen LogP contribution in [-0.4, -0.2) is 62.1 Å². The number of hydrogen-bond acceptors (Lipinski definition) is 9. The van der Waals surface area contributed by atoms with Crippen molar-refractivity contribution in [3.05, 3.63) is 69.1 Å². The van der Waals surface area contributed by atoms with Crippen molar-refractivity contribution in [3.8, 4) is 5.75 Å². The zero-order valence-electron chi connectivity index (χ0n) is 23.3. The van der Waals surface area contributed by atoms with E-state index in [0.717, 1.165) is 16.7 Å². The topological polar surface area (TPSA) is 150 Å². The standard InChI is InChI=1S/C30H35N3O8/c1-3-23-27(40-18-20-4-6-22(31)7-5-20)19(2)16-21-17-24(30(37)41-28(21)23)29(36)32-10-12-38-14-15-39-13-11-33-25(34)8-9-26(33)35/h4-7,16-17H,3,8-15,18,31H2,1-2H3,(H,32,36). The first-order valence-corrected chi connectivity index (χ1v) is 13.6. The number of nitrogens with zero attached hydrogens (tertiary/aromatic N) is 1. The average molecular weight is 566 g/mol. The van der Waals surface area contributed by atoms with Gasteiger partial charge >= 0.3 is 5.63 Å². The van der Waals surface area contributed by atoms with Gasteiger partial charge < -0.3 is 29.7 Å². The summed E-state index contributed by atoms with van der Waals surface area (Å²) in [6.45, 7) is 5.62. The van der Waals surface area contributed by atoms with Gasteiger partial charge in [0.1, 0.15) is 23.5 Å². The monoisotopic (exact) mass is 565 g/mol. The van der Waals surface area contributed by atoms with Crippen LogP contribution < -0.4 is 21.4 Å². The third kappa shape index (κ3) is 7.50. The summed E-state index contributed by atoms with van der Waals surface area (Å²) in [4.78, 5) is 49.8. The minimum absolute atomic E-state index is 0.0937. The number of carbonyl (C=O) groups excluding carboxylic acids is 3. The van der Waals surface area contributed by atoms with Gasteiger partial charge in [-0.3, -0.25) is 19.3 Å². The number of benzene rings is 2. The summed E-state index contributed by atoms with van der Waals surface area (Å²) in [7, 11) is 0. The molecule has 0 saturated carbocycles. The van der Waals surface area contributed by atoms with Crippen molar-refractivity contribution in [2.75, 3.05) is 45.3 Å². The van der Waals surface area contributed by atoms with Crippen LogP contribution in [0, 0.1) is 6.92 Å². The molecule has 0 spiro atoms. The number of rotatable bonds is 14. The number of nitrogen functional groups attached to an aromatic ring is 1. The number of likely N-dealkylation sites (tertiary alicyclic amines) is 1. The molecule has 0 aliphatic carbocycles. The SMILES string of the molecule is CCc1c(OCc2ccc(N)cc2)c(C)cc2cc(C(=O)NCCOCCOCCN3C(=O)CCC3=O)c(=O)oc12. The van der Waals surface area contributed by atoms with Crippen molar-refractivity contribution in [1.82, 2.24) is 10.2 Å². The number of hydrogen-bond donors (Lipinski definition) is 2. The highest BCUT2D eigenvalue weighted by molar-refractivity contribution is 6.02. The first-order chi connectivity index (χ1) is 19.8. The molecule has 0 atom stereocenters. The minimum Gasteiger partial charge on any atom is -0.488 e. The number of amides is 3. The lowest BCUT2D eigenvalue weighted by Crippen LogP contribution is -2.32. The minimum atomic E-state index is -0.734. The van der Waals surface area contributed by atoms with E-state index in [9.17, 15) is 19.2 Å². The first-order valence-electron chi connectivity index (χ1n) is 13.6. The number of nitrogens with one attached hydrogen (secondary N) is 1. The van der Waals surface area contributed by atoms with Gasteiger partial charge in [0.25, 0.3) is 5.91 Å². The second-order valence-electron chi connectivity index (χ2n) is 9.67. The first kappa shape index (κ1) is 29.8. The highest BCUT2D eigenvalue weighted by Gasteiger charge is 2.28. The van der Waals surface area contributed by atoms with Gasteiger partial charge in [0.2, 0.25) is 11.8 Å². The number of nitrogens with two attached hydrogens (primary N) is 1. The Hall–Kier alpha value is -4.22. The van der Waals surface area contributed by atoms with Crippen molar-refractivity contribution < 1.29 is 33.0 Å². The number of aryl methyl sites for hydroxylation is 2. The third-order valence-electron chi connectivity index (χ3n) is 6.73. The van der Waals surface area contributed by atoms with Crippen molar-refractivity contribution in [1.29, 1.82) is 0 Å². The molecule has 0 radical (unpaired) electrons. The quantitative estimate of drug-likeness (QED) is 0.130. The Labute approximate surface area is 237 Å². The molecule has 1 fully saturated rings. The van der Waals surface area contributed by atoms with E-state index in [1.54, 1.807) is 0 Å². The summed E-state index contributed by atoms with van der Waals surface area (Å²) in [5.41, 5.74) is 8.58. The molecule has 3 aromatic rings. The van der Waals surface area contributed by atoms with E-state index in [4.69, 9.17) is 24.4 Å². The maximum absolute atomic E-state index is 12.7. The van der Waals surface area contributed by atoms with Gasteiger partial charge in [-0.05, 0) is 48.7 Å². The molecule has 0 unspecified atom stereocenters. The van der Waals surface area contributed by atoms with Gasteiger partial charge in [-0.2, -0.15) is 0 Å². The zero-order valence-corrected chi connectivity index (χ0v) is 23.3. The maximum atomic E-state index is 12.7. The highest BCUT2D eigenvalue weighted by Crippen LogP contribution is 2.33. The number of anilines is 1. The van der Waals surface area contributed by atoms with E-state index < -0.39 is 11.5 Å². The molecule has 1 aromatic heterocycles. The van der Waals surface area contributed by atoms with Crippen molar-refractivity contribution in [2.24, 2.45) is 0 Å². The molecule has 1 saturated heterocycles. The van der Waals surface area contributed by atoms with Gasteiger partial charge in [0.15, 0.2) is 0 Å². The van der Waals surface area contributed by atoms with Crippen molar-refractivity contribution in [2.45, 2.75) is 39.7 Å². The lowest BCUT2D eigenvalue weighted by molar-refractivity contribution is -0.139. The Morgan fingerprint density at radius 1 is 1.00 bits per heavy atom. The molecular formula is C30H35N3O8. The largest absolute Gasteiger partial charge is 0.488 e. The normalized spacial score (nSPS) is 13.3. The number of fused-ring (bicyclic) bond motifs is 1. The van der Waals surface area contributed by atoms with Gasteiger partial charge in [0, 0.05) is 36.0 Å². The molecule has 3 amide bonds. The molecule has 4 rings (SSSR count). The molecule has 218 valence electrons. The molecule has 2 heterocycles. The van der Waals surface area contributed by atoms with Gasteiger partial charge in [-0.25, -0.2) is 4.79 Å². The number of carbonyl (C=O) groups is 3. The van der Waals surface area contributed by atoms with Gasteiger partial charge in [0.05, 0.1) is 33.0 Å². The Bertz CT molecular complexity index is 1450. The maximum Gasteiger partial charge on any atom is 0.349 e. The van der Waals surface area contributed by atoms with Gasteiger partial charge in [-0.15, -0.1) is 0 Å². The molecule has 2 aromatic carbocycles. The van der Waals surface area contributed by atoms with Crippen LogP contribution in [0.15, 0.2) is 45.6 Å². The van der Waals surface area contributed by atoms with Crippen LogP contribution in [0.3, 0.4) is 0 Å². The van der Waals surface area contributed by atoms with E-state index in [1.807, 2.05) is 44.2 Å². The van der Waals surface area contributed by atoms with E-state index in [1.165, 1.54) is 11.0 Å². The van der Waals surface area contributed by atoms with Crippen LogP contribution in [0.5, 0.6) is 5.75 Å². The molecule has 11 heteroatoms. The number of ether oxygens (including phenoxy) is 3. The molecular weight excluding hydrogens is 530 g/mol. The smallest absolute Gasteiger partial charge is 0.349 e. The van der Waals surface area contributed by atoms with Crippen LogP contribution in [-0.2, 0) is 32.1 Å². The summed E-state index contributed by atoms with van der Waals surface area (Å²) in [5, 5.41) is 3.30. The molecule has 11 nitrogen and oxygen atoms in total. The van der Waals surface area contributed by atoms with E-state index >= 15 is 0 Å². The highest BCUT2D eigenvalue weighted by atomic mass is 16.5. The predicted molar refractivity (Wildman–Crippen MR) is 152 cm³/mol.